The van der Waals surface area contributed by atoms with Crippen LogP contribution in [0.15, 0.2) is 35.3 Å². The van der Waals surface area contributed by atoms with E-state index >= 15 is 0 Å². The number of halogens is 2. The Morgan fingerprint density at radius 3 is 2.89 bits per heavy atom. The molecule has 1 amide bonds. The highest BCUT2D eigenvalue weighted by atomic mass is 79.9. The van der Waals surface area contributed by atoms with E-state index in [9.17, 15) is 14.0 Å². The average molecular weight is 330 g/mol. The summed E-state index contributed by atoms with van der Waals surface area (Å²) in [5.74, 6) is -1.77. The standard InChI is InChI=1S/C13H13BrFNO3/c1-3-6-16-12(17)8(2)19-13(18)10-7-9(15)4-5-11(10)14/h3-5,7-8H,1,6H2,2H3,(H,16,17)/t8-/m0/s1. The summed E-state index contributed by atoms with van der Waals surface area (Å²) in [6, 6.07) is 3.65. The van der Waals surface area contributed by atoms with Crippen LogP contribution in [0.1, 0.15) is 17.3 Å². The van der Waals surface area contributed by atoms with Crippen molar-refractivity contribution in [3.8, 4) is 0 Å². The lowest BCUT2D eigenvalue weighted by molar-refractivity contribution is -0.128. The Morgan fingerprint density at radius 2 is 2.26 bits per heavy atom. The summed E-state index contributed by atoms with van der Waals surface area (Å²) in [6.45, 7) is 5.17. The van der Waals surface area contributed by atoms with Crippen LogP contribution in [0.3, 0.4) is 0 Å². The van der Waals surface area contributed by atoms with Gasteiger partial charge in [0, 0.05) is 11.0 Å². The molecule has 0 aliphatic carbocycles. The van der Waals surface area contributed by atoms with Gasteiger partial charge in [-0.15, -0.1) is 6.58 Å². The van der Waals surface area contributed by atoms with Crippen molar-refractivity contribution in [1.82, 2.24) is 5.32 Å². The van der Waals surface area contributed by atoms with E-state index in [-0.39, 0.29) is 12.1 Å². The van der Waals surface area contributed by atoms with Crippen molar-refractivity contribution in [3.05, 3.63) is 46.7 Å². The molecule has 0 heterocycles. The second kappa shape index (κ2) is 7.04. The average Bonchev–Trinajstić information content (AvgIpc) is 2.38. The zero-order valence-corrected chi connectivity index (χ0v) is 11.9. The number of carbonyl (C=O) groups is 2. The van der Waals surface area contributed by atoms with Crippen molar-refractivity contribution >= 4 is 27.8 Å². The molecule has 0 aliphatic heterocycles. The molecule has 0 spiro atoms. The van der Waals surface area contributed by atoms with E-state index in [2.05, 4.69) is 27.8 Å². The second-order valence-electron chi connectivity index (χ2n) is 3.71. The number of ether oxygens (including phenoxy) is 1. The Bertz CT molecular complexity index is 505. The Kier molecular flexibility index (Phi) is 5.69. The van der Waals surface area contributed by atoms with Gasteiger partial charge in [-0.2, -0.15) is 0 Å². The van der Waals surface area contributed by atoms with Gasteiger partial charge in [0.25, 0.3) is 5.91 Å². The molecule has 1 aromatic rings. The predicted octanol–water partition coefficient (Wildman–Crippen LogP) is 2.44. The van der Waals surface area contributed by atoms with Gasteiger partial charge in [-0.25, -0.2) is 9.18 Å². The van der Waals surface area contributed by atoms with Crippen molar-refractivity contribution in [2.24, 2.45) is 0 Å². The van der Waals surface area contributed by atoms with Crippen LogP contribution in [-0.4, -0.2) is 24.5 Å². The van der Waals surface area contributed by atoms with Gasteiger partial charge in [-0.3, -0.25) is 4.79 Å². The van der Waals surface area contributed by atoms with Gasteiger partial charge in [0.15, 0.2) is 6.10 Å². The third-order valence-electron chi connectivity index (χ3n) is 2.22. The van der Waals surface area contributed by atoms with Crippen molar-refractivity contribution < 1.29 is 18.7 Å². The van der Waals surface area contributed by atoms with Crippen LogP contribution in [-0.2, 0) is 9.53 Å². The van der Waals surface area contributed by atoms with Crippen molar-refractivity contribution in [2.45, 2.75) is 13.0 Å². The number of amides is 1. The largest absolute Gasteiger partial charge is 0.449 e. The van der Waals surface area contributed by atoms with Gasteiger partial charge < -0.3 is 10.1 Å². The van der Waals surface area contributed by atoms with E-state index in [4.69, 9.17) is 4.74 Å². The zero-order valence-electron chi connectivity index (χ0n) is 10.3. The minimum Gasteiger partial charge on any atom is -0.449 e. The summed E-state index contributed by atoms with van der Waals surface area (Å²) in [6.07, 6.45) is 0.540. The maximum atomic E-state index is 13.1. The van der Waals surface area contributed by atoms with Crippen LogP contribution in [0, 0.1) is 5.82 Å². The van der Waals surface area contributed by atoms with Gasteiger partial charge >= 0.3 is 5.97 Å². The maximum absolute atomic E-state index is 13.1. The van der Waals surface area contributed by atoms with Crippen LogP contribution >= 0.6 is 15.9 Å². The first-order valence-electron chi connectivity index (χ1n) is 5.50. The highest BCUT2D eigenvalue weighted by molar-refractivity contribution is 9.10. The topological polar surface area (TPSA) is 55.4 Å². The molecule has 0 unspecified atom stereocenters. The molecule has 102 valence electrons. The molecule has 4 nitrogen and oxygen atoms in total. The van der Waals surface area contributed by atoms with Gasteiger partial charge in [-0.05, 0) is 41.1 Å². The fourth-order valence-corrected chi connectivity index (χ4v) is 1.66. The number of carbonyl (C=O) groups excluding carboxylic acids is 2. The minimum absolute atomic E-state index is 0.0309. The van der Waals surface area contributed by atoms with Gasteiger partial charge in [0.2, 0.25) is 0 Å². The van der Waals surface area contributed by atoms with E-state index in [1.165, 1.54) is 25.1 Å². The van der Waals surface area contributed by atoms with Crippen LogP contribution < -0.4 is 5.32 Å². The molecule has 0 saturated carbocycles. The fourth-order valence-electron chi connectivity index (χ4n) is 1.25. The summed E-state index contributed by atoms with van der Waals surface area (Å²) in [5, 5.41) is 2.49. The van der Waals surface area contributed by atoms with Gasteiger partial charge in [0.05, 0.1) is 5.56 Å². The SMILES string of the molecule is C=CCNC(=O)[C@H](C)OC(=O)c1cc(F)ccc1Br. The first-order chi connectivity index (χ1) is 8.95. The second-order valence-corrected chi connectivity index (χ2v) is 4.56. The smallest absolute Gasteiger partial charge is 0.340 e. The molecule has 0 bridgehead atoms. The molecule has 0 aromatic heterocycles. The molecule has 6 heteroatoms. The number of benzene rings is 1. The lowest BCUT2D eigenvalue weighted by Crippen LogP contribution is -2.35. The third kappa shape index (κ3) is 4.48. The summed E-state index contributed by atoms with van der Waals surface area (Å²) in [7, 11) is 0. The minimum atomic E-state index is -0.970. The number of nitrogens with one attached hydrogen (secondary N) is 1. The quantitative estimate of drug-likeness (QED) is 0.666. The number of hydrogen-bond donors (Lipinski definition) is 1. The van der Waals surface area contributed by atoms with E-state index in [1.54, 1.807) is 0 Å². The lowest BCUT2D eigenvalue weighted by Gasteiger charge is -2.13. The fraction of sp³-hybridized carbons (Fsp3) is 0.231. The van der Waals surface area contributed by atoms with E-state index in [1.807, 2.05) is 0 Å². The van der Waals surface area contributed by atoms with Crippen LogP contribution in [0.4, 0.5) is 4.39 Å². The van der Waals surface area contributed by atoms with Gasteiger partial charge in [0.1, 0.15) is 5.82 Å². The highest BCUT2D eigenvalue weighted by Crippen LogP contribution is 2.19. The Labute approximate surface area is 118 Å². The maximum Gasteiger partial charge on any atom is 0.340 e. The Morgan fingerprint density at radius 1 is 1.58 bits per heavy atom. The molecule has 1 aromatic carbocycles. The molecule has 1 rings (SSSR count). The molecule has 0 fully saturated rings. The first kappa shape index (κ1) is 15.4. The number of hydrogen-bond acceptors (Lipinski definition) is 3. The van der Waals surface area contributed by atoms with E-state index in [0.29, 0.717) is 4.47 Å². The molecular weight excluding hydrogens is 317 g/mol. The summed E-state index contributed by atoms with van der Waals surface area (Å²) in [4.78, 5) is 23.3. The predicted molar refractivity (Wildman–Crippen MR) is 72.2 cm³/mol. The molecule has 0 saturated heterocycles. The Hall–Kier alpha value is -1.69. The molecule has 0 aliphatic rings. The third-order valence-corrected chi connectivity index (χ3v) is 2.91. The van der Waals surface area contributed by atoms with Crippen LogP contribution in [0.2, 0.25) is 0 Å². The molecule has 19 heavy (non-hydrogen) atoms. The molecule has 1 N–H and O–H groups in total. The normalized spacial score (nSPS) is 11.5. The summed E-state index contributed by atoms with van der Waals surface area (Å²) < 4.78 is 18.4. The Balaban J connectivity index is 2.71. The monoisotopic (exact) mass is 329 g/mol. The molecule has 0 radical (unpaired) electrons. The summed E-state index contributed by atoms with van der Waals surface area (Å²) >= 11 is 3.12. The van der Waals surface area contributed by atoms with Crippen molar-refractivity contribution in [2.75, 3.05) is 6.54 Å². The summed E-state index contributed by atoms with van der Waals surface area (Å²) in [5.41, 5.74) is 0.0309. The van der Waals surface area contributed by atoms with Crippen molar-refractivity contribution in [3.63, 3.8) is 0 Å². The van der Waals surface area contributed by atoms with E-state index < -0.39 is 23.8 Å². The first-order valence-corrected chi connectivity index (χ1v) is 6.29. The number of esters is 1. The lowest BCUT2D eigenvalue weighted by atomic mass is 10.2. The van der Waals surface area contributed by atoms with Gasteiger partial charge in [-0.1, -0.05) is 6.08 Å². The highest BCUT2D eigenvalue weighted by Gasteiger charge is 2.20. The van der Waals surface area contributed by atoms with Crippen molar-refractivity contribution in [1.29, 1.82) is 0 Å². The number of rotatable bonds is 5. The van der Waals surface area contributed by atoms with E-state index in [0.717, 1.165) is 6.07 Å². The molecule has 1 atom stereocenters. The zero-order chi connectivity index (χ0) is 14.4. The molecular formula is C13H13BrFNO3. The van der Waals surface area contributed by atoms with Crippen LogP contribution in [0.5, 0.6) is 0 Å². The van der Waals surface area contributed by atoms with Crippen LogP contribution in [0.25, 0.3) is 0 Å².